The van der Waals surface area contributed by atoms with Gasteiger partial charge in [0.1, 0.15) is 6.10 Å². The molecule has 1 heterocycles. The molecular weight excluding hydrogens is 711 g/mol. The van der Waals surface area contributed by atoms with Gasteiger partial charge in [-0.05, 0) is 140 Å². The number of hydrogen-bond acceptors (Lipinski definition) is 8. The zero-order valence-electron chi connectivity index (χ0n) is 35.6. The summed E-state index contributed by atoms with van der Waals surface area (Å²) in [5, 5.41) is 13.9. The second kappa shape index (κ2) is 13.1. The lowest BCUT2D eigenvalue weighted by Gasteiger charge is -2.73. The number of ether oxygens (including phenoxy) is 1. The van der Waals surface area contributed by atoms with Gasteiger partial charge in [-0.2, -0.15) is 0 Å². The topological polar surface area (TPSA) is 139 Å². The number of nitrogens with two attached hydrogens (primary N) is 1. The number of esters is 1. The summed E-state index contributed by atoms with van der Waals surface area (Å²) < 4.78 is 30.5. The highest BCUT2D eigenvalue weighted by Crippen LogP contribution is 2.78. The Hall–Kier alpha value is -1.23. The van der Waals surface area contributed by atoms with Crippen LogP contribution in [0.2, 0.25) is 0 Å². The zero-order chi connectivity index (χ0) is 39.8. The Kier molecular flexibility index (Phi) is 9.68. The number of hydrogen-bond donors (Lipinski definition) is 3. The number of carboxylic acid groups (broad SMARTS) is 1. The lowest BCUT2D eigenvalue weighted by atomic mass is 9.32. The Balaban J connectivity index is 0.993. The van der Waals surface area contributed by atoms with Crippen LogP contribution in [0.25, 0.3) is 0 Å². The molecule has 0 spiro atoms. The van der Waals surface area contributed by atoms with Crippen molar-refractivity contribution >= 4 is 21.8 Å². The Bertz CT molecular complexity index is 1650. The monoisotopic (exact) mass is 786 g/mol. The summed E-state index contributed by atoms with van der Waals surface area (Å²) in [6, 6.07) is -0.0113. The number of nitrogens with zero attached hydrogens (tertiary/aromatic N) is 1. The van der Waals surface area contributed by atoms with E-state index in [2.05, 4.69) is 51.8 Å². The molecule has 8 aliphatic rings. The Morgan fingerprint density at radius 1 is 0.782 bits per heavy atom. The summed E-state index contributed by atoms with van der Waals surface area (Å²) in [5.41, 5.74) is 7.43. The summed E-state index contributed by atoms with van der Waals surface area (Å²) >= 11 is 0. The molecule has 8 fully saturated rings. The quantitative estimate of drug-likeness (QED) is 0.213. The van der Waals surface area contributed by atoms with Gasteiger partial charge in [-0.25, -0.2) is 8.42 Å². The van der Waals surface area contributed by atoms with E-state index in [9.17, 15) is 23.1 Å². The third-order valence-corrected chi connectivity index (χ3v) is 21.7. The molecular formula is C45H75N3O6S. The third-order valence-electron chi connectivity index (χ3n) is 20.1. The predicted molar refractivity (Wildman–Crippen MR) is 216 cm³/mol. The molecule has 0 aromatic rings. The fourth-order valence-electron chi connectivity index (χ4n) is 16.1. The summed E-state index contributed by atoms with van der Waals surface area (Å²) in [6.07, 6.45) is 15.0. The molecule has 7 saturated carbocycles. The van der Waals surface area contributed by atoms with Crippen LogP contribution in [0.15, 0.2) is 0 Å². The van der Waals surface area contributed by atoms with Gasteiger partial charge in [-0.1, -0.05) is 55.4 Å². The average molecular weight is 786 g/mol. The maximum Gasteiger partial charge on any atom is 0.309 e. The average Bonchev–Trinajstić information content (AvgIpc) is 3.71. The summed E-state index contributed by atoms with van der Waals surface area (Å²) in [7, 11) is -2.90. The first-order chi connectivity index (χ1) is 25.5. The van der Waals surface area contributed by atoms with Crippen LogP contribution < -0.4 is 11.1 Å². The minimum absolute atomic E-state index is 0.0113. The maximum absolute atomic E-state index is 13.6. The molecule has 0 bridgehead atoms. The largest absolute Gasteiger partial charge is 0.481 e. The molecule has 1 aliphatic heterocycles. The number of carboxylic acids is 1. The Morgan fingerprint density at radius 2 is 1.47 bits per heavy atom. The first-order valence-electron chi connectivity index (χ1n) is 22.4. The highest BCUT2D eigenvalue weighted by atomic mass is 32.2. The first-order valence-corrected chi connectivity index (χ1v) is 24.2. The molecule has 0 aromatic heterocycles. The summed E-state index contributed by atoms with van der Waals surface area (Å²) in [5.74, 6) is 1.90. The standard InChI is InChI=1S/C45H75N3O6S/c1-39(2)31(37(49)50)25-32(39)38(51)54-35-13-14-42(6)33(40(35,3)4)12-15-44(8)34(42)10-9-30-36-29(41(5)17-18-41)11-16-45(36,20-19-43(30,44)7)47-26-28(46)27-48-21-23-55(52,53)24-22-48/h28-36,47H,9-27,46H2,1-8H3,(H,49,50)/t28?,29-,30-,31+,32-,33+,34-,35+,36-,42+,43-,44-,45+/m1/s1. The second-order valence-electron chi connectivity index (χ2n) is 23.0. The van der Waals surface area contributed by atoms with Crippen molar-refractivity contribution < 1.29 is 27.9 Å². The second-order valence-corrected chi connectivity index (χ2v) is 25.3. The van der Waals surface area contributed by atoms with Crippen LogP contribution >= 0.6 is 0 Å². The van der Waals surface area contributed by atoms with Crippen LogP contribution in [0.3, 0.4) is 0 Å². The fourth-order valence-corrected chi connectivity index (χ4v) is 17.3. The molecule has 7 aliphatic carbocycles. The van der Waals surface area contributed by atoms with Gasteiger partial charge in [0.15, 0.2) is 9.84 Å². The van der Waals surface area contributed by atoms with E-state index in [-0.39, 0.29) is 62.7 Å². The molecule has 312 valence electrons. The molecule has 0 amide bonds. The van der Waals surface area contributed by atoms with Crippen LogP contribution in [0.5, 0.6) is 0 Å². The number of nitrogens with one attached hydrogen (secondary N) is 1. The van der Waals surface area contributed by atoms with Crippen molar-refractivity contribution in [2.24, 2.45) is 79.6 Å². The van der Waals surface area contributed by atoms with Crippen molar-refractivity contribution in [1.82, 2.24) is 10.2 Å². The van der Waals surface area contributed by atoms with Gasteiger partial charge < -0.3 is 20.9 Å². The van der Waals surface area contributed by atoms with Gasteiger partial charge in [0.05, 0.1) is 23.3 Å². The molecule has 0 radical (unpaired) electrons. The highest BCUT2D eigenvalue weighted by Gasteiger charge is 2.72. The molecule has 1 unspecified atom stereocenters. The third kappa shape index (κ3) is 6.15. The minimum atomic E-state index is -2.90. The van der Waals surface area contributed by atoms with E-state index in [0.29, 0.717) is 48.6 Å². The van der Waals surface area contributed by atoms with E-state index < -0.39 is 27.1 Å². The van der Waals surface area contributed by atoms with Gasteiger partial charge in [-0.15, -0.1) is 0 Å². The van der Waals surface area contributed by atoms with E-state index in [1.54, 1.807) is 0 Å². The predicted octanol–water partition coefficient (Wildman–Crippen LogP) is 6.93. The number of carbonyl (C=O) groups is 2. The van der Waals surface area contributed by atoms with Gasteiger partial charge in [-0.3, -0.25) is 14.5 Å². The van der Waals surface area contributed by atoms with Crippen LogP contribution in [0.4, 0.5) is 0 Å². The van der Waals surface area contributed by atoms with Crippen LogP contribution in [0, 0.1) is 73.9 Å². The normalized spacial score (nSPS) is 48.2. The van der Waals surface area contributed by atoms with Gasteiger partial charge >= 0.3 is 11.9 Å². The van der Waals surface area contributed by atoms with Crippen molar-refractivity contribution in [3.05, 3.63) is 0 Å². The number of carbonyl (C=O) groups excluding carboxylic acids is 1. The first kappa shape index (κ1) is 40.5. The molecule has 13 atom stereocenters. The van der Waals surface area contributed by atoms with Crippen molar-refractivity contribution in [1.29, 1.82) is 0 Å². The van der Waals surface area contributed by atoms with Crippen molar-refractivity contribution in [3.8, 4) is 0 Å². The highest BCUT2D eigenvalue weighted by molar-refractivity contribution is 7.91. The molecule has 9 nitrogen and oxygen atoms in total. The number of fused-ring (bicyclic) bond motifs is 7. The minimum Gasteiger partial charge on any atom is -0.481 e. The molecule has 8 rings (SSSR count). The van der Waals surface area contributed by atoms with Gasteiger partial charge in [0.25, 0.3) is 0 Å². The molecule has 4 N–H and O–H groups in total. The van der Waals surface area contributed by atoms with E-state index in [1.807, 2.05) is 13.8 Å². The number of aliphatic carboxylic acids is 1. The van der Waals surface area contributed by atoms with E-state index in [4.69, 9.17) is 10.5 Å². The molecule has 55 heavy (non-hydrogen) atoms. The molecule has 1 saturated heterocycles. The Labute approximate surface area is 332 Å². The SMILES string of the molecule is CC1([C@@H]2CC[C@]3(NCC(N)CN4CCS(=O)(=O)CC4)CC[C@]4(C)[C@H](CC[C@@H]5[C@@]6(C)CC[C@H](OC(=O)[C@H]7C[C@@H](C(=O)O)C7(C)C)C(C)(C)[C@@H]6CC[C@]54C)[C@@H]23)CC1. The lowest BCUT2D eigenvalue weighted by Crippen LogP contribution is -2.69. The Morgan fingerprint density at radius 3 is 2.11 bits per heavy atom. The maximum atomic E-state index is 13.6. The summed E-state index contributed by atoms with van der Waals surface area (Å²) in [6.45, 7) is 21.9. The smallest absolute Gasteiger partial charge is 0.309 e. The van der Waals surface area contributed by atoms with Crippen molar-refractivity contribution in [3.63, 3.8) is 0 Å². The van der Waals surface area contributed by atoms with Crippen molar-refractivity contribution in [2.75, 3.05) is 37.7 Å². The zero-order valence-corrected chi connectivity index (χ0v) is 36.4. The number of sulfone groups is 1. The number of rotatable bonds is 9. The van der Waals surface area contributed by atoms with Gasteiger partial charge in [0.2, 0.25) is 0 Å². The molecule has 0 aromatic carbocycles. The van der Waals surface area contributed by atoms with Crippen LogP contribution in [-0.4, -0.2) is 85.7 Å². The lowest BCUT2D eigenvalue weighted by molar-refractivity contribution is -0.249. The van der Waals surface area contributed by atoms with E-state index >= 15 is 0 Å². The fraction of sp³-hybridized carbons (Fsp3) is 0.956. The van der Waals surface area contributed by atoms with E-state index in [0.717, 1.165) is 31.8 Å². The van der Waals surface area contributed by atoms with Crippen LogP contribution in [-0.2, 0) is 24.2 Å². The van der Waals surface area contributed by atoms with Crippen LogP contribution in [0.1, 0.15) is 139 Å². The van der Waals surface area contributed by atoms with E-state index in [1.165, 1.54) is 64.2 Å². The summed E-state index contributed by atoms with van der Waals surface area (Å²) in [4.78, 5) is 27.7. The van der Waals surface area contributed by atoms with Gasteiger partial charge in [0, 0.05) is 43.2 Å². The molecule has 10 heteroatoms. The van der Waals surface area contributed by atoms with Crippen molar-refractivity contribution in [2.45, 2.75) is 157 Å².